The van der Waals surface area contributed by atoms with Crippen LogP contribution < -0.4 is 4.90 Å². The van der Waals surface area contributed by atoms with E-state index in [4.69, 9.17) is 16.3 Å². The molecule has 0 radical (unpaired) electrons. The van der Waals surface area contributed by atoms with Gasteiger partial charge in [-0.15, -0.1) is 0 Å². The van der Waals surface area contributed by atoms with Gasteiger partial charge in [0.25, 0.3) is 0 Å². The minimum absolute atomic E-state index is 0.233. The monoisotopic (exact) mass is 364 g/mol. The molecule has 2 amide bonds. The van der Waals surface area contributed by atoms with Crippen LogP contribution in [0.4, 0.5) is 5.69 Å². The molecular formula is C18H21ClN2O4. The average molecular weight is 365 g/mol. The van der Waals surface area contributed by atoms with Crippen LogP contribution in [-0.2, 0) is 24.5 Å². The largest absolute Gasteiger partial charge is 0.459 e. The summed E-state index contributed by atoms with van der Waals surface area (Å²) < 4.78 is 5.33. The molecule has 1 aromatic carbocycles. The van der Waals surface area contributed by atoms with Crippen LogP contribution in [0.3, 0.4) is 0 Å². The van der Waals surface area contributed by atoms with Crippen molar-refractivity contribution < 1.29 is 19.1 Å². The Bertz CT molecular complexity index is 771. The number of likely N-dealkylation sites (N-methyl/N-ethyl adjacent to an activating group) is 1. The van der Waals surface area contributed by atoms with E-state index in [1.54, 1.807) is 50.9 Å². The number of carbonyl (C=O) groups is 3. The molecule has 0 aromatic heterocycles. The summed E-state index contributed by atoms with van der Waals surface area (Å²) in [6, 6.07) is 4.99. The highest BCUT2D eigenvalue weighted by atomic mass is 35.5. The SMILES string of the molecule is CN1CCC2(C1=O)C(=O)N(CC(=O)OC(C)(C)C)c1ccc(Cl)cc12. The van der Waals surface area contributed by atoms with E-state index in [1.165, 1.54) is 4.90 Å². The molecule has 25 heavy (non-hydrogen) atoms. The molecule has 1 saturated heterocycles. The van der Waals surface area contributed by atoms with Crippen LogP contribution in [0.15, 0.2) is 18.2 Å². The Balaban J connectivity index is 2.02. The molecule has 0 N–H and O–H groups in total. The molecule has 1 fully saturated rings. The highest BCUT2D eigenvalue weighted by Crippen LogP contribution is 2.48. The van der Waals surface area contributed by atoms with Gasteiger partial charge in [-0.3, -0.25) is 19.3 Å². The van der Waals surface area contributed by atoms with Gasteiger partial charge >= 0.3 is 5.97 Å². The third-order valence-corrected chi connectivity index (χ3v) is 4.80. The van der Waals surface area contributed by atoms with E-state index < -0.39 is 17.0 Å². The summed E-state index contributed by atoms with van der Waals surface area (Å²) in [5.41, 5.74) is -0.812. The minimum Gasteiger partial charge on any atom is -0.459 e. The van der Waals surface area contributed by atoms with Crippen LogP contribution >= 0.6 is 11.6 Å². The zero-order valence-corrected chi connectivity index (χ0v) is 15.5. The Labute approximate surface area is 151 Å². The zero-order chi connectivity index (χ0) is 18.6. The smallest absolute Gasteiger partial charge is 0.326 e. The number of ether oxygens (including phenoxy) is 1. The number of benzene rings is 1. The fraction of sp³-hybridized carbons (Fsp3) is 0.500. The molecule has 1 atom stereocenters. The second kappa shape index (κ2) is 5.73. The van der Waals surface area contributed by atoms with Crippen molar-refractivity contribution >= 4 is 35.1 Å². The van der Waals surface area contributed by atoms with E-state index in [-0.39, 0.29) is 18.4 Å². The number of rotatable bonds is 2. The third kappa shape index (κ3) is 2.78. The standard InChI is InChI=1S/C18H21ClN2O4/c1-17(2,3)25-14(22)10-21-13-6-5-11(19)9-12(13)18(16(21)24)7-8-20(4)15(18)23/h5-6,9H,7-8,10H2,1-4H3. The van der Waals surface area contributed by atoms with E-state index in [0.29, 0.717) is 29.2 Å². The Kier molecular flexibility index (Phi) is 4.06. The molecule has 2 heterocycles. The van der Waals surface area contributed by atoms with Gasteiger partial charge in [0.1, 0.15) is 12.1 Å². The van der Waals surface area contributed by atoms with Gasteiger partial charge in [0.05, 0.1) is 0 Å². The second-order valence-electron chi connectivity index (χ2n) is 7.52. The van der Waals surface area contributed by atoms with Gasteiger partial charge in [-0.1, -0.05) is 11.6 Å². The summed E-state index contributed by atoms with van der Waals surface area (Å²) in [6.07, 6.45) is 0.374. The minimum atomic E-state index is -1.28. The molecule has 3 rings (SSSR count). The molecule has 1 spiro atoms. The molecule has 0 bridgehead atoms. The lowest BCUT2D eigenvalue weighted by molar-refractivity contribution is -0.154. The van der Waals surface area contributed by atoms with E-state index >= 15 is 0 Å². The first-order chi connectivity index (χ1) is 11.6. The summed E-state index contributed by atoms with van der Waals surface area (Å²) in [5, 5.41) is 0.451. The lowest BCUT2D eigenvalue weighted by Crippen LogP contribution is -2.47. The van der Waals surface area contributed by atoms with Gasteiger partial charge in [0.15, 0.2) is 5.41 Å². The van der Waals surface area contributed by atoms with Crippen molar-refractivity contribution in [1.82, 2.24) is 4.90 Å². The first-order valence-corrected chi connectivity index (χ1v) is 8.53. The average Bonchev–Trinajstić information content (AvgIpc) is 2.90. The summed E-state index contributed by atoms with van der Waals surface area (Å²) >= 11 is 6.11. The van der Waals surface area contributed by atoms with E-state index in [1.807, 2.05) is 0 Å². The number of nitrogens with zero attached hydrogens (tertiary/aromatic N) is 2. The molecule has 7 heteroatoms. The van der Waals surface area contributed by atoms with Crippen molar-refractivity contribution in [2.24, 2.45) is 0 Å². The Morgan fingerprint density at radius 2 is 1.96 bits per heavy atom. The Morgan fingerprint density at radius 1 is 1.28 bits per heavy atom. The second-order valence-corrected chi connectivity index (χ2v) is 7.96. The number of carbonyl (C=O) groups excluding carboxylic acids is 3. The maximum atomic E-state index is 13.2. The number of likely N-dealkylation sites (tertiary alicyclic amines) is 1. The summed E-state index contributed by atoms with van der Waals surface area (Å²) in [6.45, 7) is 5.55. The van der Waals surface area contributed by atoms with Crippen LogP contribution in [0.2, 0.25) is 5.02 Å². The van der Waals surface area contributed by atoms with E-state index in [9.17, 15) is 14.4 Å². The quantitative estimate of drug-likeness (QED) is 0.595. The fourth-order valence-electron chi connectivity index (χ4n) is 3.52. The summed E-state index contributed by atoms with van der Waals surface area (Å²) in [7, 11) is 1.67. The Hall–Kier alpha value is -2.08. The van der Waals surface area contributed by atoms with Crippen molar-refractivity contribution in [3.05, 3.63) is 28.8 Å². The predicted molar refractivity (Wildman–Crippen MR) is 93.6 cm³/mol. The molecule has 134 valence electrons. The van der Waals surface area contributed by atoms with Crippen molar-refractivity contribution in [2.75, 3.05) is 25.0 Å². The normalized spacial score (nSPS) is 22.8. The van der Waals surface area contributed by atoms with E-state index in [2.05, 4.69) is 0 Å². The summed E-state index contributed by atoms with van der Waals surface area (Å²) in [4.78, 5) is 41.1. The maximum absolute atomic E-state index is 13.2. The topological polar surface area (TPSA) is 66.9 Å². The predicted octanol–water partition coefficient (Wildman–Crippen LogP) is 2.13. The highest BCUT2D eigenvalue weighted by molar-refractivity contribution is 6.31. The Morgan fingerprint density at radius 3 is 2.52 bits per heavy atom. The number of anilines is 1. The molecule has 6 nitrogen and oxygen atoms in total. The molecular weight excluding hydrogens is 344 g/mol. The fourth-order valence-corrected chi connectivity index (χ4v) is 3.69. The van der Waals surface area contributed by atoms with Gasteiger partial charge in [0.2, 0.25) is 11.8 Å². The lowest BCUT2D eigenvalue weighted by atomic mass is 9.80. The van der Waals surface area contributed by atoms with Crippen molar-refractivity contribution in [2.45, 2.75) is 38.2 Å². The molecule has 1 aromatic rings. The van der Waals surface area contributed by atoms with Crippen LogP contribution in [0, 0.1) is 0 Å². The summed E-state index contributed by atoms with van der Waals surface area (Å²) in [5.74, 6) is -1.16. The molecule has 1 unspecified atom stereocenters. The van der Waals surface area contributed by atoms with E-state index in [0.717, 1.165) is 0 Å². The first-order valence-electron chi connectivity index (χ1n) is 8.16. The lowest BCUT2D eigenvalue weighted by Gasteiger charge is -2.24. The molecule has 0 aliphatic carbocycles. The molecule has 2 aliphatic heterocycles. The van der Waals surface area contributed by atoms with Gasteiger partial charge < -0.3 is 9.64 Å². The number of esters is 1. The number of hydrogen-bond donors (Lipinski definition) is 0. The molecule has 0 saturated carbocycles. The number of fused-ring (bicyclic) bond motifs is 2. The van der Waals surface area contributed by atoms with Gasteiger partial charge in [0, 0.05) is 29.9 Å². The third-order valence-electron chi connectivity index (χ3n) is 4.56. The first kappa shape index (κ1) is 17.7. The number of amides is 2. The number of halogens is 1. The van der Waals surface area contributed by atoms with Gasteiger partial charge in [-0.25, -0.2) is 0 Å². The highest BCUT2D eigenvalue weighted by Gasteiger charge is 2.60. The van der Waals surface area contributed by atoms with Gasteiger partial charge in [-0.05, 0) is 45.4 Å². The van der Waals surface area contributed by atoms with Crippen molar-refractivity contribution in [3.8, 4) is 0 Å². The van der Waals surface area contributed by atoms with Crippen molar-refractivity contribution in [1.29, 1.82) is 0 Å². The zero-order valence-electron chi connectivity index (χ0n) is 14.8. The maximum Gasteiger partial charge on any atom is 0.326 e. The number of hydrogen-bond acceptors (Lipinski definition) is 4. The van der Waals surface area contributed by atoms with Crippen LogP contribution in [0.1, 0.15) is 32.8 Å². The molecule has 2 aliphatic rings. The van der Waals surface area contributed by atoms with Gasteiger partial charge in [-0.2, -0.15) is 0 Å². The van der Waals surface area contributed by atoms with Crippen LogP contribution in [0.5, 0.6) is 0 Å². The van der Waals surface area contributed by atoms with Crippen LogP contribution in [-0.4, -0.2) is 48.4 Å². The van der Waals surface area contributed by atoms with Crippen LogP contribution in [0.25, 0.3) is 0 Å². The van der Waals surface area contributed by atoms with Crippen molar-refractivity contribution in [3.63, 3.8) is 0 Å².